The van der Waals surface area contributed by atoms with Crippen LogP contribution < -0.4 is 4.90 Å². The second kappa shape index (κ2) is 10.6. The van der Waals surface area contributed by atoms with Crippen LogP contribution in [0.25, 0.3) is 22.3 Å². The van der Waals surface area contributed by atoms with Crippen molar-refractivity contribution in [2.75, 3.05) is 4.90 Å². The van der Waals surface area contributed by atoms with Crippen LogP contribution in [0.5, 0.6) is 0 Å². The molecule has 0 N–H and O–H groups in total. The highest BCUT2D eigenvalue weighted by molar-refractivity contribution is 6.00. The molecule has 7 aromatic rings. The van der Waals surface area contributed by atoms with E-state index in [9.17, 15) is 0 Å². The van der Waals surface area contributed by atoms with E-state index >= 15 is 0 Å². The van der Waals surface area contributed by atoms with E-state index in [1.54, 1.807) is 11.1 Å². The average Bonchev–Trinajstić information content (AvgIpc) is 3.47. The van der Waals surface area contributed by atoms with Crippen molar-refractivity contribution >= 4 is 17.1 Å². The van der Waals surface area contributed by atoms with Crippen LogP contribution in [0.1, 0.15) is 94.5 Å². The fourth-order valence-electron chi connectivity index (χ4n) is 14.5. The zero-order chi connectivity index (χ0) is 36.3. The first-order chi connectivity index (χ1) is 27.7. The number of hydrogen-bond acceptors (Lipinski definition) is 1. The van der Waals surface area contributed by atoms with Gasteiger partial charge in [0.05, 0.1) is 22.5 Å². The molecule has 16 rings (SSSR count). The maximum atomic E-state index is 2.78. The molecule has 4 saturated carbocycles. The Kier molecular flexibility index (Phi) is 5.78. The quantitative estimate of drug-likeness (QED) is 0.172. The molecule has 1 heteroatoms. The summed E-state index contributed by atoms with van der Waals surface area (Å²) in [7, 11) is 0. The van der Waals surface area contributed by atoms with Gasteiger partial charge in [-0.25, -0.2) is 0 Å². The minimum absolute atomic E-state index is 0.0617. The van der Waals surface area contributed by atoms with E-state index < -0.39 is 5.41 Å². The second-order valence-corrected chi connectivity index (χ2v) is 18.3. The lowest BCUT2D eigenvalue weighted by Gasteiger charge is -2.62. The Balaban J connectivity index is 1.19. The summed E-state index contributed by atoms with van der Waals surface area (Å²) in [6.45, 7) is 0. The molecule has 1 nitrogen and oxygen atoms in total. The summed E-state index contributed by atoms with van der Waals surface area (Å²) in [5.41, 5.74) is 22.7. The number of benzene rings is 7. The van der Waals surface area contributed by atoms with E-state index in [1.807, 2.05) is 0 Å². The van der Waals surface area contributed by atoms with Crippen LogP contribution in [0.3, 0.4) is 0 Å². The molecule has 5 unspecified atom stereocenters. The van der Waals surface area contributed by atoms with Crippen LogP contribution in [0.2, 0.25) is 0 Å². The highest BCUT2D eigenvalue weighted by Gasteiger charge is 2.64. The number of fused-ring (bicyclic) bond motifs is 4. The molecular formula is C55H43N. The number of hydrogen-bond donors (Lipinski definition) is 0. The molecule has 4 fully saturated rings. The molecule has 5 atom stereocenters. The fourth-order valence-corrected chi connectivity index (χ4v) is 14.5. The van der Waals surface area contributed by atoms with E-state index in [1.165, 1.54) is 117 Å². The normalized spacial score (nSPS) is 28.6. The predicted octanol–water partition coefficient (Wildman–Crippen LogP) is 13.4. The minimum atomic E-state index is -0.413. The Labute approximate surface area is 329 Å². The molecule has 9 aliphatic rings. The van der Waals surface area contributed by atoms with Crippen molar-refractivity contribution < 1.29 is 0 Å². The standard InChI is InChI=1S/C55H43N/c1-3-12-35(13-4-1)37-23-25-49-46(30-37)54(39-24-22-33-26-34(28-39)29-40(54)27-33)47-31-38(36-14-5-2-6-15-36)32-48-53(47)56(49)50-21-11-18-43-51-41-16-7-9-19-44(41)55(48,52(43)50)45-20-10-8-17-42(45)51/h1-21,23,25,30-34,39-40,51H,22,24,26-29H2. The Bertz CT molecular complexity index is 2760. The zero-order valence-corrected chi connectivity index (χ0v) is 31.6. The zero-order valence-electron chi connectivity index (χ0n) is 31.6. The van der Waals surface area contributed by atoms with Gasteiger partial charge < -0.3 is 4.90 Å². The molecule has 0 aromatic heterocycles. The molecule has 0 amide bonds. The van der Waals surface area contributed by atoms with Gasteiger partial charge in [-0.2, -0.15) is 0 Å². The summed E-state index contributed by atoms with van der Waals surface area (Å²) in [6.07, 6.45) is 8.22. The van der Waals surface area contributed by atoms with Gasteiger partial charge in [0.2, 0.25) is 0 Å². The van der Waals surface area contributed by atoms with E-state index in [-0.39, 0.29) is 11.3 Å². The fraction of sp³-hybridized carbons (Fsp3) is 0.236. The van der Waals surface area contributed by atoms with Gasteiger partial charge in [-0.1, -0.05) is 134 Å². The number of anilines is 3. The molecular weight excluding hydrogens is 675 g/mol. The van der Waals surface area contributed by atoms with Gasteiger partial charge in [0.15, 0.2) is 0 Å². The average molecular weight is 718 g/mol. The van der Waals surface area contributed by atoms with Gasteiger partial charge in [0.1, 0.15) is 0 Å². The molecule has 6 bridgehead atoms. The summed E-state index contributed by atoms with van der Waals surface area (Å²) >= 11 is 0. The largest absolute Gasteiger partial charge is 0.309 e. The van der Waals surface area contributed by atoms with E-state index in [0.717, 1.165) is 11.8 Å². The molecule has 268 valence electrons. The van der Waals surface area contributed by atoms with Crippen molar-refractivity contribution in [3.8, 4) is 22.3 Å². The first-order valence-electron chi connectivity index (χ1n) is 21.3. The smallest absolute Gasteiger partial charge is 0.0751 e. The van der Waals surface area contributed by atoms with Gasteiger partial charge in [-0.15, -0.1) is 0 Å². The van der Waals surface area contributed by atoms with Crippen molar-refractivity contribution in [3.05, 3.63) is 208 Å². The Morgan fingerprint density at radius 3 is 1.80 bits per heavy atom. The third-order valence-electron chi connectivity index (χ3n) is 16.2. The number of nitrogens with zero attached hydrogens (tertiary/aromatic N) is 1. The first-order valence-corrected chi connectivity index (χ1v) is 21.3. The van der Waals surface area contributed by atoms with Gasteiger partial charge in [-0.05, 0) is 158 Å². The lowest BCUT2D eigenvalue weighted by Crippen LogP contribution is -2.54. The van der Waals surface area contributed by atoms with Crippen LogP contribution in [0, 0.1) is 23.7 Å². The van der Waals surface area contributed by atoms with Gasteiger partial charge in [-0.3, -0.25) is 0 Å². The molecule has 56 heavy (non-hydrogen) atoms. The Morgan fingerprint density at radius 2 is 1.04 bits per heavy atom. The molecule has 7 aliphatic carbocycles. The highest BCUT2D eigenvalue weighted by Crippen LogP contribution is 2.74. The summed E-state index contributed by atoms with van der Waals surface area (Å²) in [6, 6.07) is 61.9. The van der Waals surface area contributed by atoms with Crippen molar-refractivity contribution in [1.82, 2.24) is 0 Å². The van der Waals surface area contributed by atoms with Gasteiger partial charge >= 0.3 is 0 Å². The third-order valence-corrected chi connectivity index (χ3v) is 16.2. The van der Waals surface area contributed by atoms with Crippen LogP contribution in [-0.4, -0.2) is 0 Å². The van der Waals surface area contributed by atoms with E-state index in [0.29, 0.717) is 11.8 Å². The summed E-state index contributed by atoms with van der Waals surface area (Å²) in [5, 5.41) is 0. The molecule has 2 spiro atoms. The molecule has 0 saturated heterocycles. The van der Waals surface area contributed by atoms with Crippen molar-refractivity contribution in [3.63, 3.8) is 0 Å². The molecule has 0 radical (unpaired) electrons. The molecule has 7 aromatic carbocycles. The second-order valence-electron chi connectivity index (χ2n) is 18.3. The molecule has 2 aliphatic heterocycles. The number of rotatable bonds is 2. The van der Waals surface area contributed by atoms with E-state index in [4.69, 9.17) is 0 Å². The van der Waals surface area contributed by atoms with Crippen molar-refractivity contribution in [1.29, 1.82) is 0 Å². The minimum Gasteiger partial charge on any atom is -0.309 e. The van der Waals surface area contributed by atoms with Crippen LogP contribution in [0.15, 0.2) is 158 Å². The predicted molar refractivity (Wildman–Crippen MR) is 227 cm³/mol. The van der Waals surface area contributed by atoms with E-state index in [2.05, 4.69) is 163 Å². The van der Waals surface area contributed by atoms with Crippen LogP contribution >= 0.6 is 0 Å². The van der Waals surface area contributed by atoms with Gasteiger partial charge in [0, 0.05) is 11.3 Å². The van der Waals surface area contributed by atoms with Crippen molar-refractivity contribution in [2.45, 2.75) is 55.3 Å². The lowest BCUT2D eigenvalue weighted by molar-refractivity contribution is 0.0589. The molecule has 2 heterocycles. The SMILES string of the molecule is c1ccc(-c2ccc3c(c2)C2(c4cc(-c5ccccc5)cc5c4N3c3cccc4c3C53c5ccccc5C4c4ccccc43)C3CCC4CC(C3)CC2C4)cc1. The maximum absolute atomic E-state index is 2.78. The third kappa shape index (κ3) is 3.48. The summed E-state index contributed by atoms with van der Waals surface area (Å²) in [5.74, 6) is 3.18. The summed E-state index contributed by atoms with van der Waals surface area (Å²) < 4.78 is 0. The maximum Gasteiger partial charge on any atom is 0.0751 e. The summed E-state index contributed by atoms with van der Waals surface area (Å²) in [4.78, 5) is 2.78. The highest BCUT2D eigenvalue weighted by atomic mass is 15.2. The van der Waals surface area contributed by atoms with Gasteiger partial charge in [0.25, 0.3) is 0 Å². The Hall–Kier alpha value is -5.66. The van der Waals surface area contributed by atoms with Crippen molar-refractivity contribution in [2.24, 2.45) is 23.7 Å². The van der Waals surface area contributed by atoms with Crippen LogP contribution in [0.4, 0.5) is 17.1 Å². The lowest BCUT2D eigenvalue weighted by atomic mass is 9.45. The van der Waals surface area contributed by atoms with Crippen LogP contribution in [-0.2, 0) is 10.8 Å². The topological polar surface area (TPSA) is 3.24 Å². The first kappa shape index (κ1) is 30.5. The monoisotopic (exact) mass is 717 g/mol. The Morgan fingerprint density at radius 1 is 0.411 bits per heavy atom.